The first kappa shape index (κ1) is 10.1. The summed E-state index contributed by atoms with van der Waals surface area (Å²) in [6, 6.07) is 9.97. The third-order valence-electron chi connectivity index (χ3n) is 2.04. The van der Waals surface area contributed by atoms with Crippen molar-refractivity contribution < 1.29 is 4.74 Å². The second-order valence-electron chi connectivity index (χ2n) is 3.41. The molecule has 71 valence electrons. The molecule has 0 saturated heterocycles. The molecule has 1 rings (SSSR count). The molecule has 0 saturated carbocycles. The summed E-state index contributed by atoms with van der Waals surface area (Å²) in [5.41, 5.74) is 0. The van der Waals surface area contributed by atoms with E-state index in [0.717, 1.165) is 12.2 Å². The van der Waals surface area contributed by atoms with Crippen molar-refractivity contribution in [3.05, 3.63) is 36.2 Å². The van der Waals surface area contributed by atoms with E-state index < -0.39 is 0 Å². The summed E-state index contributed by atoms with van der Waals surface area (Å²) in [6.07, 6.45) is 1.28. The summed E-state index contributed by atoms with van der Waals surface area (Å²) >= 11 is 0. The molecule has 0 bridgehead atoms. The first-order valence-electron chi connectivity index (χ1n) is 4.75. The molecule has 0 aliphatic rings. The number of hydrogen-bond acceptors (Lipinski definition) is 1. The lowest BCUT2D eigenvalue weighted by atomic mass is 10.1. The Morgan fingerprint density at radius 1 is 1.23 bits per heavy atom. The largest absolute Gasteiger partial charge is 0.490 e. The van der Waals surface area contributed by atoms with E-state index in [-0.39, 0.29) is 6.10 Å². The van der Waals surface area contributed by atoms with Gasteiger partial charge in [0.25, 0.3) is 0 Å². The van der Waals surface area contributed by atoms with Crippen molar-refractivity contribution in [3.8, 4) is 5.75 Å². The normalized spacial score (nSPS) is 12.9. The minimum Gasteiger partial charge on any atom is -0.490 e. The maximum Gasteiger partial charge on any atom is 0.119 e. The van der Waals surface area contributed by atoms with Crippen LogP contribution in [0.2, 0.25) is 0 Å². The van der Waals surface area contributed by atoms with Crippen molar-refractivity contribution in [2.24, 2.45) is 0 Å². The predicted octanol–water partition coefficient (Wildman–Crippen LogP) is 3.46. The van der Waals surface area contributed by atoms with Gasteiger partial charge in [0.15, 0.2) is 0 Å². The fraction of sp³-hybridized carbons (Fsp3) is 0.417. The lowest BCUT2D eigenvalue weighted by molar-refractivity contribution is 0.211. The molecule has 0 heterocycles. The zero-order valence-corrected chi connectivity index (χ0v) is 8.58. The zero-order valence-electron chi connectivity index (χ0n) is 8.58. The molecule has 0 aromatic heterocycles. The van der Waals surface area contributed by atoms with Crippen molar-refractivity contribution in [2.75, 3.05) is 0 Å². The Balaban J connectivity index is 2.57. The minimum atomic E-state index is 0.252. The van der Waals surface area contributed by atoms with Gasteiger partial charge in [0.05, 0.1) is 0 Å². The summed E-state index contributed by atoms with van der Waals surface area (Å²) in [5.74, 6) is 2.28. The van der Waals surface area contributed by atoms with Crippen LogP contribution < -0.4 is 4.74 Å². The molecule has 0 aliphatic carbocycles. The standard InChI is InChI=1S/C12H17O/c1-4-12(10(2)3)13-11-8-6-5-7-9-11/h5-9,12H,4H2,1-3H3. The van der Waals surface area contributed by atoms with Crippen molar-refractivity contribution in [1.29, 1.82) is 0 Å². The molecule has 1 heteroatoms. The van der Waals surface area contributed by atoms with Gasteiger partial charge in [-0.05, 0) is 18.6 Å². The van der Waals surface area contributed by atoms with E-state index in [1.807, 2.05) is 30.3 Å². The van der Waals surface area contributed by atoms with Crippen LogP contribution in [-0.4, -0.2) is 6.10 Å². The molecule has 0 N–H and O–H groups in total. The Bertz CT molecular complexity index is 228. The quantitative estimate of drug-likeness (QED) is 0.684. The van der Waals surface area contributed by atoms with Crippen LogP contribution >= 0.6 is 0 Å². The molecule has 1 atom stereocenters. The Labute approximate surface area is 80.7 Å². The third kappa shape index (κ3) is 3.10. The third-order valence-corrected chi connectivity index (χ3v) is 2.04. The van der Waals surface area contributed by atoms with Crippen LogP contribution in [0.15, 0.2) is 30.3 Å². The van der Waals surface area contributed by atoms with E-state index in [0.29, 0.717) is 0 Å². The molecule has 1 aromatic carbocycles. The van der Waals surface area contributed by atoms with E-state index in [9.17, 15) is 0 Å². The highest BCUT2D eigenvalue weighted by atomic mass is 16.5. The lowest BCUT2D eigenvalue weighted by Gasteiger charge is -2.20. The summed E-state index contributed by atoms with van der Waals surface area (Å²) in [6.45, 7) is 6.36. The SMILES string of the molecule is CCC(Oc1ccccc1)[C](C)C. The van der Waals surface area contributed by atoms with E-state index >= 15 is 0 Å². The highest BCUT2D eigenvalue weighted by molar-refractivity contribution is 5.21. The number of para-hydroxylation sites is 1. The van der Waals surface area contributed by atoms with Crippen LogP contribution in [0.4, 0.5) is 0 Å². The molecule has 1 nitrogen and oxygen atoms in total. The van der Waals surface area contributed by atoms with Crippen LogP contribution in [0.3, 0.4) is 0 Å². The summed E-state index contributed by atoms with van der Waals surface area (Å²) in [7, 11) is 0. The fourth-order valence-corrected chi connectivity index (χ4v) is 1.27. The average Bonchev–Trinajstić information content (AvgIpc) is 2.15. The molecule has 0 spiro atoms. The lowest BCUT2D eigenvalue weighted by Crippen LogP contribution is -2.20. The second kappa shape index (κ2) is 4.90. The van der Waals surface area contributed by atoms with Crippen LogP contribution in [0.25, 0.3) is 0 Å². The summed E-state index contributed by atoms with van der Waals surface area (Å²) < 4.78 is 5.79. The first-order valence-corrected chi connectivity index (χ1v) is 4.75. The molecule has 1 radical (unpaired) electrons. The van der Waals surface area contributed by atoms with Gasteiger partial charge in [0, 0.05) is 5.92 Å². The predicted molar refractivity (Wildman–Crippen MR) is 55.7 cm³/mol. The highest BCUT2D eigenvalue weighted by Gasteiger charge is 2.12. The number of benzene rings is 1. The van der Waals surface area contributed by atoms with E-state index in [2.05, 4.69) is 20.8 Å². The van der Waals surface area contributed by atoms with Crippen molar-refractivity contribution >= 4 is 0 Å². The van der Waals surface area contributed by atoms with Gasteiger partial charge in [0.2, 0.25) is 0 Å². The molecule has 13 heavy (non-hydrogen) atoms. The first-order chi connectivity index (χ1) is 6.24. The van der Waals surface area contributed by atoms with Gasteiger partial charge in [0.1, 0.15) is 11.9 Å². The number of rotatable bonds is 4. The Morgan fingerprint density at radius 3 is 2.31 bits per heavy atom. The van der Waals surface area contributed by atoms with Gasteiger partial charge in [-0.25, -0.2) is 0 Å². The Hall–Kier alpha value is -0.980. The van der Waals surface area contributed by atoms with Crippen LogP contribution in [0.5, 0.6) is 5.75 Å². The maximum atomic E-state index is 5.79. The van der Waals surface area contributed by atoms with Crippen LogP contribution in [0.1, 0.15) is 27.2 Å². The van der Waals surface area contributed by atoms with Crippen molar-refractivity contribution in [2.45, 2.75) is 33.3 Å². The molecule has 1 aromatic rings. The van der Waals surface area contributed by atoms with E-state index in [4.69, 9.17) is 4.74 Å². The molecule has 1 unspecified atom stereocenters. The fourth-order valence-electron chi connectivity index (χ4n) is 1.27. The second-order valence-corrected chi connectivity index (χ2v) is 3.41. The van der Waals surface area contributed by atoms with Gasteiger partial charge < -0.3 is 4.74 Å². The maximum absolute atomic E-state index is 5.79. The van der Waals surface area contributed by atoms with E-state index in [1.165, 1.54) is 5.92 Å². The zero-order chi connectivity index (χ0) is 9.68. The average molecular weight is 177 g/mol. The van der Waals surface area contributed by atoms with Gasteiger partial charge >= 0.3 is 0 Å². The molecule has 0 amide bonds. The van der Waals surface area contributed by atoms with Gasteiger partial charge in [-0.1, -0.05) is 39.0 Å². The van der Waals surface area contributed by atoms with Gasteiger partial charge in [-0.15, -0.1) is 0 Å². The molecular weight excluding hydrogens is 160 g/mol. The van der Waals surface area contributed by atoms with Crippen molar-refractivity contribution in [3.63, 3.8) is 0 Å². The Morgan fingerprint density at radius 2 is 1.85 bits per heavy atom. The number of hydrogen-bond donors (Lipinski definition) is 0. The molecule has 0 aliphatic heterocycles. The minimum absolute atomic E-state index is 0.252. The van der Waals surface area contributed by atoms with E-state index in [1.54, 1.807) is 0 Å². The van der Waals surface area contributed by atoms with Crippen molar-refractivity contribution in [1.82, 2.24) is 0 Å². The van der Waals surface area contributed by atoms with Gasteiger partial charge in [-0.2, -0.15) is 0 Å². The Kier molecular flexibility index (Phi) is 3.81. The van der Waals surface area contributed by atoms with Crippen LogP contribution in [0, 0.1) is 5.92 Å². The molecule has 0 fully saturated rings. The van der Waals surface area contributed by atoms with Gasteiger partial charge in [-0.3, -0.25) is 0 Å². The summed E-state index contributed by atoms with van der Waals surface area (Å²) in [5, 5.41) is 0. The molecular formula is C12H17O. The number of ether oxygens (including phenoxy) is 1. The monoisotopic (exact) mass is 177 g/mol. The van der Waals surface area contributed by atoms with Crippen LogP contribution in [-0.2, 0) is 0 Å². The summed E-state index contributed by atoms with van der Waals surface area (Å²) in [4.78, 5) is 0. The smallest absolute Gasteiger partial charge is 0.119 e. The highest BCUT2D eigenvalue weighted by Crippen LogP contribution is 2.17. The topological polar surface area (TPSA) is 9.23 Å².